The summed E-state index contributed by atoms with van der Waals surface area (Å²) in [5.74, 6) is 1.96. The molecule has 1 N–H and O–H groups in total. The summed E-state index contributed by atoms with van der Waals surface area (Å²) in [7, 11) is 0. The highest BCUT2D eigenvalue weighted by atomic mass is 35.5. The molecule has 0 radical (unpaired) electrons. The second-order valence-electron chi connectivity index (χ2n) is 7.57. The summed E-state index contributed by atoms with van der Waals surface area (Å²) in [4.78, 5) is 19.3. The minimum Gasteiger partial charge on any atom is -0.448 e. The Morgan fingerprint density at radius 1 is 1.10 bits per heavy atom. The second kappa shape index (κ2) is 9.47. The normalized spacial score (nSPS) is 17.0. The standard InChI is InChI=1S/C21H23N3O2S.2ClH/c25-21(24-11-9-15(10-12-24)22-13-14-5-6-14)18-8-7-17(26-18)20-23-16-3-1-2-4-19(16)27-20;;/h1-4,7-8,14-15,22H,5-6,9-13H2;2*1H. The number of aromatic nitrogens is 1. The van der Waals surface area contributed by atoms with Crippen LogP contribution in [0.2, 0.25) is 0 Å². The maximum Gasteiger partial charge on any atom is 0.289 e. The first kappa shape index (κ1) is 22.1. The van der Waals surface area contributed by atoms with Crippen LogP contribution in [0, 0.1) is 5.92 Å². The number of nitrogens with zero attached hydrogens (tertiary/aromatic N) is 2. The van der Waals surface area contributed by atoms with Crippen LogP contribution in [0.3, 0.4) is 0 Å². The predicted molar refractivity (Wildman–Crippen MR) is 121 cm³/mol. The number of para-hydroxylation sites is 1. The Balaban J connectivity index is 0.00000120. The van der Waals surface area contributed by atoms with Gasteiger partial charge in [-0.3, -0.25) is 4.79 Å². The van der Waals surface area contributed by atoms with Crippen LogP contribution in [-0.2, 0) is 0 Å². The molecule has 0 unspecified atom stereocenters. The molecule has 1 saturated heterocycles. The molecule has 1 saturated carbocycles. The summed E-state index contributed by atoms with van der Waals surface area (Å²) in [5.41, 5.74) is 0.961. The Kier molecular flexibility index (Phi) is 7.22. The number of fused-ring (bicyclic) bond motifs is 1. The topological polar surface area (TPSA) is 58.4 Å². The number of rotatable bonds is 5. The summed E-state index contributed by atoms with van der Waals surface area (Å²) in [5, 5.41) is 4.47. The van der Waals surface area contributed by atoms with Crippen LogP contribution < -0.4 is 5.32 Å². The molecule has 1 amide bonds. The van der Waals surface area contributed by atoms with Crippen molar-refractivity contribution in [1.82, 2.24) is 15.2 Å². The van der Waals surface area contributed by atoms with Crippen molar-refractivity contribution in [1.29, 1.82) is 0 Å². The lowest BCUT2D eigenvalue weighted by atomic mass is 10.0. The summed E-state index contributed by atoms with van der Waals surface area (Å²) < 4.78 is 6.99. The van der Waals surface area contributed by atoms with Gasteiger partial charge in [-0.05, 0) is 62.4 Å². The lowest BCUT2D eigenvalue weighted by Gasteiger charge is -2.32. The largest absolute Gasteiger partial charge is 0.448 e. The number of amides is 1. The van der Waals surface area contributed by atoms with Gasteiger partial charge in [0.1, 0.15) is 0 Å². The zero-order valence-corrected chi connectivity index (χ0v) is 18.5. The Morgan fingerprint density at radius 3 is 2.59 bits per heavy atom. The molecule has 2 aromatic heterocycles. The molecule has 1 aliphatic heterocycles. The number of furan rings is 1. The molecule has 8 heteroatoms. The highest BCUT2D eigenvalue weighted by Gasteiger charge is 2.27. The third-order valence-electron chi connectivity index (χ3n) is 5.50. The zero-order chi connectivity index (χ0) is 18.2. The minimum atomic E-state index is -0.0111. The molecule has 1 aromatic carbocycles. The molecule has 2 fully saturated rings. The van der Waals surface area contributed by atoms with Gasteiger partial charge in [0.2, 0.25) is 0 Å². The van der Waals surface area contributed by atoms with Crippen molar-refractivity contribution >= 4 is 52.3 Å². The molecule has 156 valence electrons. The van der Waals surface area contributed by atoms with Crippen molar-refractivity contribution in [2.75, 3.05) is 19.6 Å². The van der Waals surface area contributed by atoms with E-state index in [1.54, 1.807) is 17.4 Å². The number of halogens is 2. The molecule has 0 bridgehead atoms. The van der Waals surface area contributed by atoms with Crippen LogP contribution in [0.1, 0.15) is 36.2 Å². The van der Waals surface area contributed by atoms with Crippen LogP contribution in [0.5, 0.6) is 0 Å². The molecule has 1 aliphatic carbocycles. The van der Waals surface area contributed by atoms with Gasteiger partial charge in [-0.1, -0.05) is 12.1 Å². The summed E-state index contributed by atoms with van der Waals surface area (Å²) in [6, 6.07) is 12.2. The van der Waals surface area contributed by atoms with Crippen molar-refractivity contribution in [3.8, 4) is 10.8 Å². The Labute approximate surface area is 186 Å². The molecular formula is C21H25Cl2N3O2S. The Morgan fingerprint density at radius 2 is 1.86 bits per heavy atom. The van der Waals surface area contributed by atoms with Crippen molar-refractivity contribution in [3.05, 3.63) is 42.2 Å². The van der Waals surface area contributed by atoms with Gasteiger partial charge in [0.15, 0.2) is 16.5 Å². The second-order valence-corrected chi connectivity index (χ2v) is 8.60. The number of hydrogen-bond acceptors (Lipinski definition) is 5. The molecule has 0 spiro atoms. The maximum absolute atomic E-state index is 12.8. The third kappa shape index (κ3) is 4.94. The number of benzene rings is 1. The molecule has 5 nitrogen and oxygen atoms in total. The van der Waals surface area contributed by atoms with Crippen LogP contribution in [0.4, 0.5) is 0 Å². The summed E-state index contributed by atoms with van der Waals surface area (Å²) in [6.45, 7) is 2.72. The third-order valence-corrected chi connectivity index (χ3v) is 6.55. The van der Waals surface area contributed by atoms with Gasteiger partial charge < -0.3 is 14.6 Å². The lowest BCUT2D eigenvalue weighted by molar-refractivity contribution is 0.0674. The van der Waals surface area contributed by atoms with Gasteiger partial charge in [0.05, 0.1) is 10.2 Å². The predicted octanol–water partition coefficient (Wildman–Crippen LogP) is 5.00. The smallest absolute Gasteiger partial charge is 0.289 e. The number of piperidine rings is 1. The summed E-state index contributed by atoms with van der Waals surface area (Å²) in [6.07, 6.45) is 4.79. The van der Waals surface area contributed by atoms with E-state index < -0.39 is 0 Å². The number of hydrogen-bond donors (Lipinski definition) is 1. The average molecular weight is 454 g/mol. The van der Waals surface area contributed by atoms with Gasteiger partial charge in [0, 0.05) is 19.1 Å². The van der Waals surface area contributed by atoms with E-state index in [1.165, 1.54) is 12.8 Å². The molecule has 0 atom stereocenters. The first-order chi connectivity index (χ1) is 13.3. The van der Waals surface area contributed by atoms with Crippen LogP contribution in [0.25, 0.3) is 21.0 Å². The SMILES string of the molecule is Cl.Cl.O=C(c1ccc(-c2nc3ccccc3s2)o1)N1CCC(NCC2CC2)CC1. The number of thiazole rings is 1. The fourth-order valence-corrected chi connectivity index (χ4v) is 4.57. The van der Waals surface area contributed by atoms with E-state index in [-0.39, 0.29) is 30.7 Å². The number of likely N-dealkylation sites (tertiary alicyclic amines) is 1. The highest BCUT2D eigenvalue weighted by Crippen LogP contribution is 2.31. The fourth-order valence-electron chi connectivity index (χ4n) is 3.64. The summed E-state index contributed by atoms with van der Waals surface area (Å²) >= 11 is 1.59. The molecule has 3 heterocycles. The number of carbonyl (C=O) groups excluding carboxylic acids is 1. The Hall–Kier alpha value is -1.60. The molecule has 5 rings (SSSR count). The molecule has 29 heavy (non-hydrogen) atoms. The van der Waals surface area contributed by atoms with E-state index in [0.29, 0.717) is 17.6 Å². The van der Waals surface area contributed by atoms with Gasteiger partial charge in [-0.25, -0.2) is 4.98 Å². The fraction of sp³-hybridized carbons (Fsp3) is 0.429. The maximum atomic E-state index is 12.8. The molecule has 3 aromatic rings. The van der Waals surface area contributed by atoms with Crippen LogP contribution in [0.15, 0.2) is 40.8 Å². The van der Waals surface area contributed by atoms with E-state index in [2.05, 4.69) is 10.3 Å². The van der Waals surface area contributed by atoms with E-state index in [1.807, 2.05) is 35.2 Å². The van der Waals surface area contributed by atoms with Gasteiger partial charge in [-0.2, -0.15) is 0 Å². The van der Waals surface area contributed by atoms with Crippen LogP contribution in [-0.4, -0.2) is 41.5 Å². The van der Waals surface area contributed by atoms with Crippen LogP contribution >= 0.6 is 36.2 Å². The Bertz CT molecular complexity index is 929. The molecule has 2 aliphatic rings. The van der Waals surface area contributed by atoms with E-state index in [0.717, 1.165) is 53.6 Å². The van der Waals surface area contributed by atoms with Crippen molar-refractivity contribution in [3.63, 3.8) is 0 Å². The van der Waals surface area contributed by atoms with E-state index >= 15 is 0 Å². The van der Waals surface area contributed by atoms with Crippen molar-refractivity contribution in [2.45, 2.75) is 31.7 Å². The van der Waals surface area contributed by atoms with Gasteiger partial charge in [0.25, 0.3) is 5.91 Å². The van der Waals surface area contributed by atoms with Gasteiger partial charge in [-0.15, -0.1) is 36.2 Å². The highest BCUT2D eigenvalue weighted by molar-refractivity contribution is 7.21. The monoisotopic (exact) mass is 453 g/mol. The number of nitrogens with one attached hydrogen (secondary N) is 1. The first-order valence-electron chi connectivity index (χ1n) is 9.75. The van der Waals surface area contributed by atoms with E-state index in [4.69, 9.17) is 4.42 Å². The molecular weight excluding hydrogens is 429 g/mol. The van der Waals surface area contributed by atoms with Gasteiger partial charge >= 0.3 is 0 Å². The quantitative estimate of drug-likeness (QED) is 0.589. The average Bonchev–Trinajstić information content (AvgIpc) is 3.23. The zero-order valence-electron chi connectivity index (χ0n) is 16.0. The lowest BCUT2D eigenvalue weighted by Crippen LogP contribution is -2.45. The first-order valence-corrected chi connectivity index (χ1v) is 10.6. The van der Waals surface area contributed by atoms with Crippen molar-refractivity contribution < 1.29 is 9.21 Å². The minimum absolute atomic E-state index is 0. The van der Waals surface area contributed by atoms with Crippen molar-refractivity contribution in [2.24, 2.45) is 5.92 Å². The number of carbonyl (C=O) groups is 1. The van der Waals surface area contributed by atoms with E-state index in [9.17, 15) is 4.79 Å².